The number of thioether (sulfide) groups is 1. The number of nitro benzene ring substituents is 1. The van der Waals surface area contributed by atoms with Gasteiger partial charge in [0.25, 0.3) is 11.6 Å². The first kappa shape index (κ1) is 19.0. The summed E-state index contributed by atoms with van der Waals surface area (Å²) < 4.78 is 0. The maximum absolute atomic E-state index is 12.3. The Hall–Kier alpha value is -3.33. The summed E-state index contributed by atoms with van der Waals surface area (Å²) in [6.07, 6.45) is 1.64. The fourth-order valence-corrected chi connectivity index (χ4v) is 4.26. The zero-order chi connectivity index (χ0) is 20.4. The number of para-hydroxylation sites is 3. The van der Waals surface area contributed by atoms with Crippen LogP contribution in [0.25, 0.3) is 6.08 Å². The lowest BCUT2D eigenvalue weighted by molar-refractivity contribution is -0.384. The van der Waals surface area contributed by atoms with E-state index in [1.165, 1.54) is 17.8 Å². The smallest absolute Gasteiger partial charge is 0.292 e. The van der Waals surface area contributed by atoms with Crippen molar-refractivity contribution in [2.45, 2.75) is 0 Å². The highest BCUT2D eigenvalue weighted by Gasteiger charge is 2.30. The molecule has 1 fully saturated rings. The highest BCUT2D eigenvalue weighted by atomic mass is 32.2. The molecule has 148 valence electrons. The van der Waals surface area contributed by atoms with Crippen LogP contribution < -0.4 is 4.90 Å². The molecule has 0 saturated carbocycles. The first-order chi connectivity index (χ1) is 14.0. The molecule has 2 aromatic rings. The molecule has 2 aliphatic rings. The van der Waals surface area contributed by atoms with Crippen LogP contribution in [-0.2, 0) is 4.79 Å². The van der Waals surface area contributed by atoms with Crippen LogP contribution in [0.2, 0.25) is 0 Å². The third-order valence-corrected chi connectivity index (χ3v) is 5.85. The van der Waals surface area contributed by atoms with Gasteiger partial charge >= 0.3 is 0 Å². The number of rotatable bonds is 3. The Bertz CT molecular complexity index is 1030. The van der Waals surface area contributed by atoms with E-state index >= 15 is 0 Å². The number of carbonyl (C=O) groups is 1. The van der Waals surface area contributed by atoms with E-state index in [2.05, 4.69) is 4.99 Å². The Morgan fingerprint density at radius 1 is 1.03 bits per heavy atom. The van der Waals surface area contributed by atoms with E-state index in [0.29, 0.717) is 47.5 Å². The number of nitrogens with zero attached hydrogens (tertiary/aromatic N) is 4. The third kappa shape index (κ3) is 3.95. The molecule has 0 unspecified atom stereocenters. The molecule has 1 amide bonds. The van der Waals surface area contributed by atoms with Crippen LogP contribution in [0.1, 0.15) is 5.56 Å². The van der Waals surface area contributed by atoms with Gasteiger partial charge in [-0.1, -0.05) is 30.3 Å². The lowest BCUT2D eigenvalue weighted by atomic mass is 10.2. The van der Waals surface area contributed by atoms with Crippen molar-refractivity contribution in [2.75, 3.05) is 31.1 Å². The predicted molar refractivity (Wildman–Crippen MR) is 113 cm³/mol. The van der Waals surface area contributed by atoms with Gasteiger partial charge in [0.2, 0.25) is 0 Å². The molecule has 1 saturated heterocycles. The average Bonchev–Trinajstić information content (AvgIpc) is 3.10. The van der Waals surface area contributed by atoms with Crippen molar-refractivity contribution in [1.82, 2.24) is 4.90 Å². The summed E-state index contributed by atoms with van der Waals surface area (Å²) in [5.74, 6) is -0.214. The van der Waals surface area contributed by atoms with Crippen molar-refractivity contribution >= 4 is 40.3 Å². The van der Waals surface area contributed by atoms with Crippen LogP contribution in [-0.4, -0.2) is 52.2 Å². The quantitative estimate of drug-likeness (QED) is 0.471. The third-order valence-electron chi connectivity index (χ3n) is 4.80. The zero-order valence-electron chi connectivity index (χ0n) is 15.4. The van der Waals surface area contributed by atoms with Crippen LogP contribution in [0.5, 0.6) is 5.75 Å². The van der Waals surface area contributed by atoms with Gasteiger partial charge in [-0.2, -0.15) is 4.99 Å². The Morgan fingerprint density at radius 3 is 2.41 bits per heavy atom. The van der Waals surface area contributed by atoms with E-state index in [1.54, 1.807) is 48.5 Å². The van der Waals surface area contributed by atoms with Gasteiger partial charge in [0.1, 0.15) is 11.4 Å². The van der Waals surface area contributed by atoms with Gasteiger partial charge in [0.15, 0.2) is 5.17 Å². The van der Waals surface area contributed by atoms with Crippen LogP contribution >= 0.6 is 11.8 Å². The van der Waals surface area contributed by atoms with Gasteiger partial charge in [-0.25, -0.2) is 0 Å². The first-order valence-electron chi connectivity index (χ1n) is 9.07. The van der Waals surface area contributed by atoms with Crippen molar-refractivity contribution in [3.63, 3.8) is 0 Å². The average molecular weight is 410 g/mol. The number of nitro groups is 1. The summed E-state index contributed by atoms with van der Waals surface area (Å²) in [4.78, 5) is 31.8. The largest absolute Gasteiger partial charge is 0.507 e. The molecular weight excluding hydrogens is 392 g/mol. The van der Waals surface area contributed by atoms with Gasteiger partial charge in [0.05, 0.1) is 9.83 Å². The number of phenols is 1. The maximum Gasteiger partial charge on any atom is 0.292 e. The number of phenolic OH excluding ortho intramolecular Hbond substituents is 1. The molecule has 8 nitrogen and oxygen atoms in total. The Kier molecular flexibility index (Phi) is 5.22. The number of amides is 1. The number of amidine groups is 1. The topological polar surface area (TPSA) is 99.3 Å². The fraction of sp³-hybridized carbons (Fsp3) is 0.200. The second-order valence-electron chi connectivity index (χ2n) is 6.59. The second-order valence-corrected chi connectivity index (χ2v) is 7.60. The minimum absolute atomic E-state index is 0.0941. The standard InChI is InChI=1S/C20H18N4O4S/c25-17-8-4-1-5-14(17)13-18-19(26)21-20(29-18)23-11-9-22(10-12-23)15-6-2-3-7-16(15)24(27)28/h1-8,13,25H,9-12H2. The lowest BCUT2D eigenvalue weighted by Crippen LogP contribution is -2.48. The van der Waals surface area contributed by atoms with E-state index in [1.807, 2.05) is 9.80 Å². The molecule has 0 atom stereocenters. The van der Waals surface area contributed by atoms with Gasteiger partial charge < -0.3 is 14.9 Å². The van der Waals surface area contributed by atoms with E-state index in [9.17, 15) is 20.0 Å². The summed E-state index contributed by atoms with van der Waals surface area (Å²) in [7, 11) is 0. The number of benzene rings is 2. The van der Waals surface area contributed by atoms with Crippen molar-refractivity contribution in [2.24, 2.45) is 4.99 Å². The molecule has 0 spiro atoms. The van der Waals surface area contributed by atoms with E-state index < -0.39 is 0 Å². The molecule has 0 bridgehead atoms. The molecule has 0 aliphatic carbocycles. The Labute approximate surface area is 171 Å². The van der Waals surface area contributed by atoms with Crippen molar-refractivity contribution in [3.8, 4) is 5.75 Å². The normalized spacial score (nSPS) is 18.3. The number of anilines is 1. The number of piperazine rings is 1. The first-order valence-corrected chi connectivity index (χ1v) is 9.88. The van der Waals surface area contributed by atoms with Crippen LogP contribution in [0.4, 0.5) is 11.4 Å². The summed E-state index contributed by atoms with van der Waals surface area (Å²) in [6, 6.07) is 13.5. The summed E-state index contributed by atoms with van der Waals surface area (Å²) >= 11 is 1.28. The molecule has 9 heteroatoms. The molecule has 2 aromatic carbocycles. The molecule has 1 N–H and O–H groups in total. The van der Waals surface area contributed by atoms with Crippen molar-refractivity contribution in [1.29, 1.82) is 0 Å². The van der Waals surface area contributed by atoms with E-state index in [0.717, 1.165) is 0 Å². The molecule has 2 heterocycles. The van der Waals surface area contributed by atoms with Gasteiger partial charge in [-0.3, -0.25) is 14.9 Å². The van der Waals surface area contributed by atoms with Crippen LogP contribution in [0.15, 0.2) is 58.4 Å². The highest BCUT2D eigenvalue weighted by Crippen LogP contribution is 2.33. The zero-order valence-corrected chi connectivity index (χ0v) is 16.2. The van der Waals surface area contributed by atoms with E-state index in [4.69, 9.17) is 0 Å². The summed E-state index contributed by atoms with van der Waals surface area (Å²) in [5.41, 5.74) is 1.27. The minimum Gasteiger partial charge on any atom is -0.507 e. The maximum atomic E-state index is 12.3. The predicted octanol–water partition coefficient (Wildman–Crippen LogP) is 3.09. The van der Waals surface area contributed by atoms with Gasteiger partial charge in [0, 0.05) is 37.8 Å². The second kappa shape index (κ2) is 7.96. The number of aliphatic imine (C=N–C) groups is 1. The lowest BCUT2D eigenvalue weighted by Gasteiger charge is -2.36. The molecule has 0 aromatic heterocycles. The molecule has 29 heavy (non-hydrogen) atoms. The highest BCUT2D eigenvalue weighted by molar-refractivity contribution is 8.18. The molecule has 0 radical (unpaired) electrons. The van der Waals surface area contributed by atoms with E-state index in [-0.39, 0.29) is 22.3 Å². The number of aromatic hydroxyl groups is 1. The number of hydrogen-bond donors (Lipinski definition) is 1. The molecular formula is C20H18N4O4S. The van der Waals surface area contributed by atoms with Crippen LogP contribution in [0.3, 0.4) is 0 Å². The number of carbonyl (C=O) groups excluding carboxylic acids is 1. The fourth-order valence-electron chi connectivity index (χ4n) is 3.31. The Morgan fingerprint density at radius 2 is 1.69 bits per heavy atom. The Balaban J connectivity index is 1.44. The van der Waals surface area contributed by atoms with Gasteiger partial charge in [-0.05, 0) is 30.0 Å². The molecule has 2 aliphatic heterocycles. The SMILES string of the molecule is O=C1N=C(N2CCN(c3ccccc3[N+](=O)[O-])CC2)SC1=Cc1ccccc1O. The summed E-state index contributed by atoms with van der Waals surface area (Å²) in [6.45, 7) is 2.40. The molecule has 4 rings (SSSR count). The van der Waals surface area contributed by atoms with Crippen molar-refractivity contribution < 1.29 is 14.8 Å². The summed E-state index contributed by atoms with van der Waals surface area (Å²) in [5, 5.41) is 21.8. The number of hydrogen-bond acceptors (Lipinski definition) is 7. The minimum atomic E-state index is -0.368. The van der Waals surface area contributed by atoms with Crippen LogP contribution in [0, 0.1) is 10.1 Å². The van der Waals surface area contributed by atoms with Gasteiger partial charge in [-0.15, -0.1) is 0 Å². The van der Waals surface area contributed by atoms with Crippen molar-refractivity contribution in [3.05, 3.63) is 69.1 Å². The monoisotopic (exact) mass is 410 g/mol.